The second-order valence-electron chi connectivity index (χ2n) is 6.68. The molecule has 0 aromatic heterocycles. The first-order valence-corrected chi connectivity index (χ1v) is 11.3. The Morgan fingerprint density at radius 2 is 1.79 bits per heavy atom. The normalized spacial score (nSPS) is 13.9. The fourth-order valence-corrected chi connectivity index (χ4v) is 3.16. The van der Waals surface area contributed by atoms with Crippen LogP contribution in [0.15, 0.2) is 63.2 Å². The van der Waals surface area contributed by atoms with Crippen LogP contribution in [-0.2, 0) is 21.2 Å². The molecule has 1 rings (SSSR count). The number of aliphatic imine (C=N–C) groups is 2. The van der Waals surface area contributed by atoms with Gasteiger partial charge in [0.15, 0.2) is 21.5 Å². The molecule has 158 valence electrons. The number of sulfone groups is 1. The van der Waals surface area contributed by atoms with E-state index in [9.17, 15) is 13.2 Å². The standard InChI is InChI=1S/C21H28ClN3O3S/c1-7-19(15(5)24-20(22)14(3)4)25-21(16(6)26)23-13-17-9-11-18(12-10-17)29(27,28)8-2/h7,9-12,14H,1,8,13H2,2-6H3,(H,23,25)/b19-15+,24-20+. The lowest BCUT2D eigenvalue weighted by Crippen LogP contribution is -2.29. The molecule has 29 heavy (non-hydrogen) atoms. The first-order chi connectivity index (χ1) is 13.5. The predicted octanol–water partition coefficient (Wildman–Crippen LogP) is 4.27. The second kappa shape index (κ2) is 11.1. The van der Waals surface area contributed by atoms with Crippen molar-refractivity contribution >= 4 is 38.2 Å². The molecule has 0 saturated heterocycles. The molecule has 0 bridgehead atoms. The average molecular weight is 438 g/mol. The monoisotopic (exact) mass is 437 g/mol. The summed E-state index contributed by atoms with van der Waals surface area (Å²) in [5, 5.41) is 3.43. The SMILES string of the molecule is C=CC(/N=C(/NCc1ccc(S(=O)(=O)CC)cc1)C(C)=O)=C(C)\N=C(\Cl)C(C)C. The highest BCUT2D eigenvalue weighted by atomic mass is 35.5. The quantitative estimate of drug-likeness (QED) is 0.355. The van der Waals surface area contributed by atoms with Crippen LogP contribution in [0, 0.1) is 5.92 Å². The molecule has 0 atom stereocenters. The number of halogens is 1. The number of nitrogens with one attached hydrogen (secondary N) is 1. The van der Waals surface area contributed by atoms with Crippen LogP contribution in [-0.4, -0.2) is 31.0 Å². The lowest BCUT2D eigenvalue weighted by molar-refractivity contribution is -0.111. The van der Waals surface area contributed by atoms with Gasteiger partial charge >= 0.3 is 0 Å². The highest BCUT2D eigenvalue weighted by molar-refractivity contribution is 7.91. The number of carbonyl (C=O) groups excluding carboxylic acids is 1. The molecule has 0 aliphatic heterocycles. The third kappa shape index (κ3) is 7.59. The Morgan fingerprint density at radius 1 is 1.21 bits per heavy atom. The summed E-state index contributed by atoms with van der Waals surface area (Å²) in [6, 6.07) is 6.52. The summed E-state index contributed by atoms with van der Waals surface area (Å²) >= 11 is 6.11. The Labute approximate surface area is 178 Å². The zero-order valence-electron chi connectivity index (χ0n) is 17.5. The van der Waals surface area contributed by atoms with Crippen molar-refractivity contribution in [2.45, 2.75) is 46.1 Å². The van der Waals surface area contributed by atoms with Gasteiger partial charge in [-0.15, -0.1) is 0 Å². The van der Waals surface area contributed by atoms with Gasteiger partial charge in [-0.05, 0) is 30.7 Å². The number of hydrogen-bond acceptors (Lipinski definition) is 5. The van der Waals surface area contributed by atoms with E-state index in [0.717, 1.165) is 5.56 Å². The van der Waals surface area contributed by atoms with Gasteiger partial charge in [0.25, 0.3) is 0 Å². The molecule has 6 nitrogen and oxygen atoms in total. The van der Waals surface area contributed by atoms with Gasteiger partial charge < -0.3 is 5.32 Å². The van der Waals surface area contributed by atoms with E-state index in [1.807, 2.05) is 13.8 Å². The minimum atomic E-state index is -3.24. The number of nitrogens with zero attached hydrogens (tertiary/aromatic N) is 2. The summed E-state index contributed by atoms with van der Waals surface area (Å²) in [6.45, 7) is 12.6. The molecule has 1 N–H and O–H groups in total. The number of hydrogen-bond donors (Lipinski definition) is 1. The molecule has 0 amide bonds. The third-order valence-corrected chi connectivity index (χ3v) is 6.27. The Bertz CT molecular complexity index is 944. The average Bonchev–Trinajstić information content (AvgIpc) is 2.67. The van der Waals surface area contributed by atoms with Crippen LogP contribution in [0.2, 0.25) is 0 Å². The van der Waals surface area contributed by atoms with Gasteiger partial charge in [0.05, 0.1) is 22.0 Å². The van der Waals surface area contributed by atoms with Crippen LogP contribution in [0.5, 0.6) is 0 Å². The molecule has 0 radical (unpaired) electrons. The Kier molecular flexibility index (Phi) is 9.46. The van der Waals surface area contributed by atoms with Gasteiger partial charge in [-0.25, -0.2) is 18.4 Å². The van der Waals surface area contributed by atoms with Crippen molar-refractivity contribution in [1.82, 2.24) is 5.32 Å². The van der Waals surface area contributed by atoms with E-state index in [4.69, 9.17) is 11.6 Å². The van der Waals surface area contributed by atoms with E-state index in [2.05, 4.69) is 21.9 Å². The zero-order valence-corrected chi connectivity index (χ0v) is 19.1. The number of ketones is 1. The number of amidine groups is 1. The molecule has 8 heteroatoms. The smallest absolute Gasteiger partial charge is 0.194 e. The maximum Gasteiger partial charge on any atom is 0.194 e. The summed E-state index contributed by atoms with van der Waals surface area (Å²) in [5.41, 5.74) is 1.80. The topological polar surface area (TPSA) is 88.0 Å². The zero-order chi connectivity index (χ0) is 22.2. The highest BCUT2D eigenvalue weighted by Crippen LogP contribution is 2.14. The molecule has 0 heterocycles. The number of Topliss-reactive ketones (excluding diaryl/α,β-unsaturated/α-hetero) is 1. The van der Waals surface area contributed by atoms with E-state index in [0.29, 0.717) is 23.1 Å². The van der Waals surface area contributed by atoms with Crippen LogP contribution in [0.25, 0.3) is 0 Å². The molecular formula is C21H28ClN3O3S. The van der Waals surface area contributed by atoms with Gasteiger partial charge in [-0.3, -0.25) is 4.79 Å². The number of carbonyl (C=O) groups is 1. The van der Waals surface area contributed by atoms with Crippen molar-refractivity contribution in [3.63, 3.8) is 0 Å². The van der Waals surface area contributed by atoms with E-state index >= 15 is 0 Å². The lowest BCUT2D eigenvalue weighted by Gasteiger charge is -2.10. The summed E-state index contributed by atoms with van der Waals surface area (Å²) in [6.07, 6.45) is 1.51. The van der Waals surface area contributed by atoms with E-state index in [1.165, 1.54) is 13.0 Å². The fourth-order valence-electron chi connectivity index (χ4n) is 2.15. The van der Waals surface area contributed by atoms with Crippen molar-refractivity contribution in [2.75, 3.05) is 5.75 Å². The highest BCUT2D eigenvalue weighted by Gasteiger charge is 2.12. The molecule has 0 spiro atoms. The number of allylic oxidation sites excluding steroid dienone is 2. The van der Waals surface area contributed by atoms with Crippen molar-refractivity contribution < 1.29 is 13.2 Å². The van der Waals surface area contributed by atoms with Crippen LogP contribution in [0.3, 0.4) is 0 Å². The molecular weight excluding hydrogens is 410 g/mol. The Balaban J connectivity index is 3.08. The molecule has 0 aliphatic rings. The summed E-state index contributed by atoms with van der Waals surface area (Å²) in [5.74, 6) is 0.0265. The van der Waals surface area contributed by atoms with Crippen molar-refractivity contribution in [2.24, 2.45) is 15.9 Å². The first-order valence-electron chi connectivity index (χ1n) is 9.24. The summed E-state index contributed by atoms with van der Waals surface area (Å²) < 4.78 is 23.8. The van der Waals surface area contributed by atoms with E-state index in [1.54, 1.807) is 38.1 Å². The third-order valence-electron chi connectivity index (χ3n) is 4.00. The molecule has 1 aromatic rings. The van der Waals surface area contributed by atoms with Crippen LogP contribution >= 0.6 is 11.6 Å². The Hall–Kier alpha value is -2.25. The molecule has 0 unspecified atom stereocenters. The summed E-state index contributed by atoms with van der Waals surface area (Å²) in [4.78, 5) is 20.9. The van der Waals surface area contributed by atoms with Crippen LogP contribution in [0.4, 0.5) is 0 Å². The molecule has 0 fully saturated rings. The molecule has 0 aliphatic carbocycles. The lowest BCUT2D eigenvalue weighted by atomic mass is 10.2. The number of rotatable bonds is 9. The minimum absolute atomic E-state index is 0.0467. The minimum Gasteiger partial charge on any atom is -0.363 e. The largest absolute Gasteiger partial charge is 0.363 e. The maximum atomic E-state index is 12.0. The van der Waals surface area contributed by atoms with Gasteiger partial charge in [0.2, 0.25) is 0 Å². The number of benzene rings is 1. The summed E-state index contributed by atoms with van der Waals surface area (Å²) in [7, 11) is -3.24. The van der Waals surface area contributed by atoms with Crippen molar-refractivity contribution in [1.29, 1.82) is 0 Å². The van der Waals surface area contributed by atoms with Crippen molar-refractivity contribution in [3.8, 4) is 0 Å². The Morgan fingerprint density at radius 3 is 2.24 bits per heavy atom. The predicted molar refractivity (Wildman–Crippen MR) is 120 cm³/mol. The molecule has 0 saturated carbocycles. The van der Waals surface area contributed by atoms with Crippen molar-refractivity contribution in [3.05, 3.63) is 53.9 Å². The van der Waals surface area contributed by atoms with Gasteiger partial charge in [-0.2, -0.15) is 0 Å². The van der Waals surface area contributed by atoms with E-state index < -0.39 is 9.84 Å². The second-order valence-corrected chi connectivity index (χ2v) is 9.35. The van der Waals surface area contributed by atoms with E-state index in [-0.39, 0.29) is 28.2 Å². The van der Waals surface area contributed by atoms with Crippen LogP contribution < -0.4 is 5.32 Å². The fraction of sp³-hybridized carbons (Fsp3) is 0.381. The van der Waals surface area contributed by atoms with Gasteiger partial charge in [0.1, 0.15) is 5.17 Å². The molecule has 1 aromatic carbocycles. The van der Waals surface area contributed by atoms with Gasteiger partial charge in [-0.1, -0.05) is 51.1 Å². The van der Waals surface area contributed by atoms with Gasteiger partial charge in [0, 0.05) is 19.4 Å². The maximum absolute atomic E-state index is 12.0. The first kappa shape index (κ1) is 24.8. The van der Waals surface area contributed by atoms with Crippen LogP contribution in [0.1, 0.15) is 40.2 Å².